The van der Waals surface area contributed by atoms with E-state index >= 15 is 0 Å². The van der Waals surface area contributed by atoms with Crippen LogP contribution in [0, 0.1) is 0 Å². The number of hydrogen-bond donors (Lipinski definition) is 1. The van der Waals surface area contributed by atoms with E-state index in [4.69, 9.17) is 2.74 Å². The average Bonchev–Trinajstić information content (AvgIpc) is 3.05. The van der Waals surface area contributed by atoms with Gasteiger partial charge in [-0.2, -0.15) is 0 Å². The number of rotatable bonds is 5. The zero-order valence-electron chi connectivity index (χ0n) is 23.1. The van der Waals surface area contributed by atoms with Gasteiger partial charge in [-0.05, 0) is 80.6 Å². The van der Waals surface area contributed by atoms with Gasteiger partial charge in [-0.3, -0.25) is 0 Å². The lowest BCUT2D eigenvalue weighted by molar-refractivity contribution is 0.660. The van der Waals surface area contributed by atoms with Crippen LogP contribution in [0.2, 0.25) is 0 Å². The highest BCUT2D eigenvalue weighted by atomic mass is 14.9. The van der Waals surface area contributed by atoms with Gasteiger partial charge in [0.2, 0.25) is 0 Å². The number of anilines is 2. The lowest BCUT2D eigenvalue weighted by Gasteiger charge is -2.25. The van der Waals surface area contributed by atoms with Crippen LogP contribution >= 0.6 is 0 Å². The summed E-state index contributed by atoms with van der Waals surface area (Å²) in [7, 11) is 0. The smallest absolute Gasteiger partial charge is 0.0423 e. The van der Waals surface area contributed by atoms with Crippen molar-refractivity contribution >= 4 is 11.4 Å². The number of hydrogen-bond acceptors (Lipinski definition) is 1. The molecule has 0 amide bonds. The summed E-state index contributed by atoms with van der Waals surface area (Å²) < 4.78 is 17.9. The zero-order valence-corrected chi connectivity index (χ0v) is 21.1. The van der Waals surface area contributed by atoms with Crippen LogP contribution in [-0.2, 0) is 5.41 Å². The first-order valence-corrected chi connectivity index (χ1v) is 12.1. The van der Waals surface area contributed by atoms with E-state index in [1.165, 1.54) is 22.3 Å². The normalized spacial score (nSPS) is 15.2. The Bertz CT molecular complexity index is 1440. The Morgan fingerprint density at radius 3 is 1.97 bits per heavy atom. The molecule has 0 heterocycles. The van der Waals surface area contributed by atoms with Crippen LogP contribution < -0.4 is 5.32 Å². The largest absolute Gasteiger partial charge is 0.355 e. The molecule has 34 heavy (non-hydrogen) atoms. The summed E-state index contributed by atoms with van der Waals surface area (Å²) in [4.78, 5) is 0. The van der Waals surface area contributed by atoms with Crippen LogP contribution in [0.4, 0.5) is 11.4 Å². The Kier molecular flexibility index (Phi) is 5.01. The highest BCUT2D eigenvalue weighted by molar-refractivity contribution is 5.85. The molecule has 0 fully saturated rings. The highest BCUT2D eigenvalue weighted by Crippen LogP contribution is 2.51. The van der Waals surface area contributed by atoms with Gasteiger partial charge < -0.3 is 5.32 Å². The monoisotopic (exact) mass is 447 g/mol. The Morgan fingerprint density at radius 2 is 1.26 bits per heavy atom. The Labute approximate surface area is 207 Å². The van der Waals surface area contributed by atoms with Crippen molar-refractivity contribution in [2.75, 3.05) is 5.32 Å². The van der Waals surface area contributed by atoms with E-state index < -0.39 is 11.8 Å². The average molecular weight is 448 g/mol. The second-order valence-electron chi connectivity index (χ2n) is 10.4. The van der Waals surface area contributed by atoms with E-state index in [9.17, 15) is 0 Å². The van der Waals surface area contributed by atoms with Gasteiger partial charge in [-0.1, -0.05) is 102 Å². The van der Waals surface area contributed by atoms with E-state index in [1.54, 1.807) is 0 Å². The molecule has 1 heteroatoms. The van der Waals surface area contributed by atoms with Crippen molar-refractivity contribution in [3.8, 4) is 22.3 Å². The van der Waals surface area contributed by atoms with Crippen LogP contribution in [0.25, 0.3) is 22.3 Å². The predicted octanol–water partition coefficient (Wildman–Crippen LogP) is 9.65. The molecule has 1 nitrogen and oxygen atoms in total. The van der Waals surface area contributed by atoms with Gasteiger partial charge in [0.1, 0.15) is 0 Å². The molecule has 1 aliphatic rings. The van der Waals surface area contributed by atoms with Crippen LogP contribution in [0.3, 0.4) is 0 Å². The third-order valence-corrected chi connectivity index (χ3v) is 7.19. The lowest BCUT2D eigenvalue weighted by atomic mass is 9.81. The van der Waals surface area contributed by atoms with E-state index in [1.807, 2.05) is 45.9 Å². The molecule has 0 aliphatic heterocycles. The molecule has 0 radical (unpaired) electrons. The Balaban J connectivity index is 1.67. The first-order chi connectivity index (χ1) is 16.9. The fourth-order valence-corrected chi connectivity index (χ4v) is 5.29. The molecule has 4 aromatic carbocycles. The van der Waals surface area contributed by atoms with E-state index in [0.717, 1.165) is 33.6 Å². The molecule has 0 unspecified atom stereocenters. The van der Waals surface area contributed by atoms with Crippen LogP contribution in [-0.4, -0.2) is 0 Å². The highest BCUT2D eigenvalue weighted by Gasteiger charge is 2.36. The van der Waals surface area contributed by atoms with Gasteiger partial charge in [-0.25, -0.2) is 0 Å². The van der Waals surface area contributed by atoms with Crippen molar-refractivity contribution in [2.24, 2.45) is 0 Å². The summed E-state index contributed by atoms with van der Waals surface area (Å²) in [6.45, 7) is 12.3. The molecule has 0 saturated carbocycles. The van der Waals surface area contributed by atoms with Gasteiger partial charge in [0, 0.05) is 19.5 Å². The van der Waals surface area contributed by atoms with E-state index in [2.05, 4.69) is 85.9 Å². The first kappa shape index (κ1) is 20.1. The minimum atomic E-state index is -0.796. The van der Waals surface area contributed by atoms with Crippen molar-refractivity contribution in [3.63, 3.8) is 0 Å². The first-order valence-electron chi connectivity index (χ1n) is 13.1. The lowest BCUT2D eigenvalue weighted by Crippen LogP contribution is -2.15. The molecule has 0 spiro atoms. The van der Waals surface area contributed by atoms with Gasteiger partial charge in [0.05, 0.1) is 0 Å². The minimum Gasteiger partial charge on any atom is -0.355 e. The third kappa shape index (κ3) is 3.74. The van der Waals surface area contributed by atoms with Crippen molar-refractivity contribution in [1.82, 2.24) is 0 Å². The number of nitrogens with one attached hydrogen (secondary N) is 1. The standard InChI is InChI=1S/C33H35N/c1-21(2)26-18-24(23-12-8-7-9-13-23)16-17-31(26)34-32-20-30-28(19-27(32)22(3)4)25-14-10-11-15-29(25)33(30,5)6/h7-22,34H,1-6H3/i21D,22D. The fourth-order valence-electron chi connectivity index (χ4n) is 5.29. The maximum Gasteiger partial charge on any atom is 0.0423 e. The molecular weight excluding hydrogens is 410 g/mol. The van der Waals surface area contributed by atoms with Crippen molar-refractivity contribution in [1.29, 1.82) is 0 Å². The van der Waals surface area contributed by atoms with Crippen molar-refractivity contribution in [2.45, 2.75) is 58.7 Å². The maximum atomic E-state index is 8.97. The van der Waals surface area contributed by atoms with Crippen LogP contribution in [0.1, 0.15) is 78.3 Å². The van der Waals surface area contributed by atoms with Gasteiger partial charge >= 0.3 is 0 Å². The van der Waals surface area contributed by atoms with Crippen LogP contribution in [0.15, 0.2) is 84.9 Å². The SMILES string of the molecule is [2H]C(C)(C)c1cc(-c2ccccc2)ccc1Nc1cc2c(cc1C([2H])(C)C)-c1ccccc1C2(C)C. The fraction of sp³-hybridized carbons (Fsp3) is 0.273. The van der Waals surface area contributed by atoms with Gasteiger partial charge in [-0.15, -0.1) is 0 Å². The molecule has 5 rings (SSSR count). The molecule has 0 bridgehead atoms. The molecule has 0 aromatic heterocycles. The number of benzene rings is 4. The van der Waals surface area contributed by atoms with E-state index in [-0.39, 0.29) is 5.41 Å². The molecule has 1 N–H and O–H groups in total. The summed E-state index contributed by atoms with van der Waals surface area (Å²) in [5.41, 5.74) is 10.9. The predicted molar refractivity (Wildman–Crippen MR) is 147 cm³/mol. The second kappa shape index (κ2) is 8.47. The summed E-state index contributed by atoms with van der Waals surface area (Å²) in [5.74, 6) is -1.59. The summed E-state index contributed by atoms with van der Waals surface area (Å²) in [5, 5.41) is 3.69. The maximum absolute atomic E-state index is 8.97. The van der Waals surface area contributed by atoms with Crippen LogP contribution in [0.5, 0.6) is 0 Å². The second-order valence-corrected chi connectivity index (χ2v) is 10.4. The molecule has 172 valence electrons. The van der Waals surface area contributed by atoms with E-state index in [0.29, 0.717) is 0 Å². The minimum absolute atomic E-state index is 0.123. The zero-order chi connectivity index (χ0) is 25.9. The third-order valence-electron chi connectivity index (χ3n) is 7.19. The Morgan fingerprint density at radius 1 is 0.618 bits per heavy atom. The molecular formula is C33H35N. The summed E-state index contributed by atoms with van der Waals surface area (Å²) >= 11 is 0. The molecule has 0 atom stereocenters. The molecule has 0 saturated heterocycles. The van der Waals surface area contributed by atoms with Crippen molar-refractivity contribution < 1.29 is 2.74 Å². The molecule has 4 aromatic rings. The molecule has 1 aliphatic carbocycles. The topological polar surface area (TPSA) is 12.0 Å². The van der Waals surface area contributed by atoms with Gasteiger partial charge in [0.15, 0.2) is 0 Å². The summed E-state index contributed by atoms with van der Waals surface area (Å²) in [6.07, 6.45) is 0. The van der Waals surface area contributed by atoms with Crippen molar-refractivity contribution in [3.05, 3.63) is 107 Å². The summed E-state index contributed by atoms with van der Waals surface area (Å²) in [6, 6.07) is 29.7. The van der Waals surface area contributed by atoms with Gasteiger partial charge in [0.25, 0.3) is 0 Å². The Hall–Kier alpha value is -3.32. The quantitative estimate of drug-likeness (QED) is 0.321. The number of fused-ring (bicyclic) bond motifs is 3.